The number of benzene rings is 2. The fraction of sp³-hybridized carbons (Fsp3) is 0.182. The number of imidazole rings is 1. The summed E-state index contributed by atoms with van der Waals surface area (Å²) >= 11 is 0. The van der Waals surface area contributed by atoms with E-state index < -0.39 is 0 Å². The number of amides is 1. The lowest BCUT2D eigenvalue weighted by Gasteiger charge is -2.20. The molecular weight excluding hydrogens is 322 g/mol. The van der Waals surface area contributed by atoms with Gasteiger partial charge in [-0.25, -0.2) is 4.98 Å². The van der Waals surface area contributed by atoms with Crippen LogP contribution >= 0.6 is 0 Å². The Hall–Kier alpha value is -3.14. The number of nitrogens with zero attached hydrogens (tertiary/aromatic N) is 3. The van der Waals surface area contributed by atoms with Gasteiger partial charge in [-0.1, -0.05) is 54.1 Å². The summed E-state index contributed by atoms with van der Waals surface area (Å²) in [5.41, 5.74) is 4.03. The fourth-order valence-electron chi connectivity index (χ4n) is 2.98. The second kappa shape index (κ2) is 7.83. The van der Waals surface area contributed by atoms with Crippen LogP contribution < -0.4 is 0 Å². The summed E-state index contributed by atoms with van der Waals surface area (Å²) < 4.78 is 1.99. The highest BCUT2D eigenvalue weighted by Crippen LogP contribution is 2.25. The number of aromatic nitrogens is 2. The molecule has 0 unspecified atom stereocenters. The minimum Gasteiger partial charge on any atom is -0.334 e. The maximum atomic E-state index is 12.9. The Bertz CT molecular complexity index is 928. The van der Waals surface area contributed by atoms with Crippen LogP contribution in [0.5, 0.6) is 0 Å². The lowest BCUT2D eigenvalue weighted by Crippen LogP contribution is -2.34. The van der Waals surface area contributed by atoms with Gasteiger partial charge in [0, 0.05) is 18.7 Å². The van der Waals surface area contributed by atoms with Crippen molar-refractivity contribution in [2.75, 3.05) is 13.1 Å². The van der Waals surface area contributed by atoms with Crippen LogP contribution in [0.4, 0.5) is 0 Å². The van der Waals surface area contributed by atoms with Crippen molar-refractivity contribution < 1.29 is 4.79 Å². The molecule has 0 saturated carbocycles. The predicted molar refractivity (Wildman–Crippen MR) is 107 cm³/mol. The molecule has 0 aliphatic heterocycles. The van der Waals surface area contributed by atoms with Crippen LogP contribution in [0.3, 0.4) is 0 Å². The molecule has 0 aliphatic rings. The number of rotatable bonds is 7. The summed E-state index contributed by atoms with van der Waals surface area (Å²) in [5, 5.41) is 0. The molecular formula is C22H23N3O. The summed E-state index contributed by atoms with van der Waals surface area (Å²) in [4.78, 5) is 19.4. The standard InChI is InChI=1S/C22H23N3O/c1-4-14-24(15-5-2)21(26)16-25-20-9-7-6-8-19(20)23-22(25)18-12-10-17(3)11-13-18/h4-13H,1-2,14-16H2,3H3. The van der Waals surface area contributed by atoms with Crippen LogP contribution in [-0.4, -0.2) is 33.4 Å². The minimum atomic E-state index is 0.0151. The molecule has 1 aromatic heterocycles. The van der Waals surface area contributed by atoms with E-state index in [1.165, 1.54) is 5.56 Å². The van der Waals surface area contributed by atoms with Crippen molar-refractivity contribution in [1.82, 2.24) is 14.5 Å². The Morgan fingerprint density at radius 2 is 1.73 bits per heavy atom. The third-order valence-electron chi connectivity index (χ3n) is 4.31. The van der Waals surface area contributed by atoms with Crippen molar-refractivity contribution in [3.8, 4) is 11.4 Å². The molecule has 4 nitrogen and oxygen atoms in total. The lowest BCUT2D eigenvalue weighted by atomic mass is 10.1. The molecule has 132 valence electrons. The Labute approximate surface area is 154 Å². The van der Waals surface area contributed by atoms with Gasteiger partial charge in [0.05, 0.1) is 11.0 Å². The number of fused-ring (bicyclic) bond motifs is 1. The maximum absolute atomic E-state index is 12.9. The van der Waals surface area contributed by atoms with Gasteiger partial charge in [0.15, 0.2) is 0 Å². The number of hydrogen-bond acceptors (Lipinski definition) is 2. The first-order valence-corrected chi connectivity index (χ1v) is 8.66. The number of para-hydroxylation sites is 2. The average Bonchev–Trinajstić information content (AvgIpc) is 3.01. The number of carbonyl (C=O) groups is 1. The lowest BCUT2D eigenvalue weighted by molar-refractivity contribution is -0.130. The number of hydrogen-bond donors (Lipinski definition) is 0. The SMILES string of the molecule is C=CCN(CC=C)C(=O)Cn1c(-c2ccc(C)cc2)nc2ccccc21. The monoisotopic (exact) mass is 345 g/mol. The second-order valence-electron chi connectivity index (χ2n) is 6.25. The molecule has 3 aromatic rings. The second-order valence-corrected chi connectivity index (χ2v) is 6.25. The van der Waals surface area contributed by atoms with Crippen LogP contribution in [-0.2, 0) is 11.3 Å². The highest BCUT2D eigenvalue weighted by Gasteiger charge is 2.18. The van der Waals surface area contributed by atoms with E-state index in [0.717, 1.165) is 22.4 Å². The third kappa shape index (κ3) is 3.59. The van der Waals surface area contributed by atoms with E-state index in [9.17, 15) is 4.79 Å². The number of carbonyl (C=O) groups excluding carboxylic acids is 1. The van der Waals surface area contributed by atoms with E-state index in [1.807, 2.05) is 41.0 Å². The van der Waals surface area contributed by atoms with E-state index in [0.29, 0.717) is 13.1 Å². The average molecular weight is 345 g/mol. The summed E-state index contributed by atoms with van der Waals surface area (Å²) in [6.07, 6.45) is 3.46. The topological polar surface area (TPSA) is 38.1 Å². The van der Waals surface area contributed by atoms with Gasteiger partial charge >= 0.3 is 0 Å². The molecule has 0 radical (unpaired) electrons. The third-order valence-corrected chi connectivity index (χ3v) is 4.31. The van der Waals surface area contributed by atoms with Crippen LogP contribution in [0.15, 0.2) is 73.8 Å². The molecule has 0 saturated heterocycles. The quantitative estimate of drug-likeness (QED) is 0.602. The normalized spacial score (nSPS) is 10.7. The van der Waals surface area contributed by atoms with E-state index >= 15 is 0 Å². The Kier molecular flexibility index (Phi) is 5.32. The van der Waals surface area contributed by atoms with Gasteiger partial charge in [0.25, 0.3) is 0 Å². The van der Waals surface area contributed by atoms with E-state index in [2.05, 4.69) is 32.2 Å². The van der Waals surface area contributed by atoms with Crippen LogP contribution in [0.1, 0.15) is 5.56 Å². The predicted octanol–water partition coefficient (Wildman–Crippen LogP) is 4.21. The fourth-order valence-corrected chi connectivity index (χ4v) is 2.98. The molecule has 0 fully saturated rings. The smallest absolute Gasteiger partial charge is 0.243 e. The zero-order chi connectivity index (χ0) is 18.5. The first kappa shape index (κ1) is 17.7. The largest absolute Gasteiger partial charge is 0.334 e. The summed E-state index contributed by atoms with van der Waals surface area (Å²) in [6.45, 7) is 10.8. The Balaban J connectivity index is 2.04. The van der Waals surface area contributed by atoms with Crippen LogP contribution in [0.25, 0.3) is 22.4 Å². The highest BCUT2D eigenvalue weighted by molar-refractivity contribution is 5.84. The Morgan fingerprint density at radius 3 is 2.38 bits per heavy atom. The Morgan fingerprint density at radius 1 is 1.08 bits per heavy atom. The molecule has 0 spiro atoms. The zero-order valence-electron chi connectivity index (χ0n) is 15.1. The first-order chi connectivity index (χ1) is 12.6. The van der Waals surface area contributed by atoms with Crippen LogP contribution in [0.2, 0.25) is 0 Å². The molecule has 0 aliphatic carbocycles. The van der Waals surface area contributed by atoms with Crippen molar-refractivity contribution in [2.24, 2.45) is 0 Å². The van der Waals surface area contributed by atoms with Crippen LogP contribution in [0, 0.1) is 6.92 Å². The summed E-state index contributed by atoms with van der Waals surface area (Å²) in [6, 6.07) is 16.1. The van der Waals surface area contributed by atoms with Gasteiger partial charge in [-0.2, -0.15) is 0 Å². The molecule has 1 heterocycles. The van der Waals surface area contributed by atoms with E-state index in [1.54, 1.807) is 17.1 Å². The number of aryl methyl sites for hydroxylation is 1. The molecule has 0 atom stereocenters. The van der Waals surface area contributed by atoms with E-state index in [-0.39, 0.29) is 12.5 Å². The maximum Gasteiger partial charge on any atom is 0.243 e. The molecule has 0 bridgehead atoms. The van der Waals surface area contributed by atoms with Gasteiger partial charge in [0.1, 0.15) is 12.4 Å². The molecule has 3 rings (SSSR count). The minimum absolute atomic E-state index is 0.0151. The summed E-state index contributed by atoms with van der Waals surface area (Å²) in [5.74, 6) is 0.818. The first-order valence-electron chi connectivity index (χ1n) is 8.66. The molecule has 2 aromatic carbocycles. The molecule has 1 amide bonds. The van der Waals surface area contributed by atoms with Gasteiger partial charge < -0.3 is 9.47 Å². The van der Waals surface area contributed by atoms with Crippen molar-refractivity contribution in [3.05, 3.63) is 79.4 Å². The van der Waals surface area contributed by atoms with Crippen molar-refractivity contribution >= 4 is 16.9 Å². The molecule has 4 heteroatoms. The zero-order valence-corrected chi connectivity index (χ0v) is 15.1. The molecule has 0 N–H and O–H groups in total. The van der Waals surface area contributed by atoms with Gasteiger partial charge in [-0.05, 0) is 19.1 Å². The highest BCUT2D eigenvalue weighted by atomic mass is 16.2. The molecule has 26 heavy (non-hydrogen) atoms. The van der Waals surface area contributed by atoms with Gasteiger partial charge in [0.2, 0.25) is 5.91 Å². The van der Waals surface area contributed by atoms with Gasteiger partial charge in [-0.15, -0.1) is 13.2 Å². The van der Waals surface area contributed by atoms with Crippen molar-refractivity contribution in [3.63, 3.8) is 0 Å². The van der Waals surface area contributed by atoms with Gasteiger partial charge in [-0.3, -0.25) is 4.79 Å². The van der Waals surface area contributed by atoms with Crippen molar-refractivity contribution in [1.29, 1.82) is 0 Å². The summed E-state index contributed by atoms with van der Waals surface area (Å²) in [7, 11) is 0. The van der Waals surface area contributed by atoms with Crippen molar-refractivity contribution in [2.45, 2.75) is 13.5 Å². The van der Waals surface area contributed by atoms with E-state index in [4.69, 9.17) is 4.98 Å².